The summed E-state index contributed by atoms with van der Waals surface area (Å²) in [5.74, 6) is -0.184. The summed E-state index contributed by atoms with van der Waals surface area (Å²) in [5.41, 5.74) is 3.17. The number of amides is 1. The van der Waals surface area contributed by atoms with E-state index in [9.17, 15) is 14.4 Å². The largest absolute Gasteiger partial charge is 0.462 e. The minimum Gasteiger partial charge on any atom is -0.462 e. The highest BCUT2D eigenvalue weighted by atomic mass is 32.1. The van der Waals surface area contributed by atoms with Gasteiger partial charge in [-0.15, -0.1) is 11.3 Å². The molecule has 1 amide bonds. The maximum Gasteiger partial charge on any atom is 0.348 e. The average Bonchev–Trinajstić information content (AvgIpc) is 3.08. The summed E-state index contributed by atoms with van der Waals surface area (Å²) in [6, 6.07) is 5.44. The Morgan fingerprint density at radius 2 is 1.97 bits per heavy atom. The van der Waals surface area contributed by atoms with E-state index in [0.29, 0.717) is 26.5 Å². The van der Waals surface area contributed by atoms with Gasteiger partial charge in [0.1, 0.15) is 15.5 Å². The van der Waals surface area contributed by atoms with Crippen molar-refractivity contribution < 1.29 is 14.3 Å². The molecule has 32 heavy (non-hydrogen) atoms. The zero-order valence-corrected chi connectivity index (χ0v) is 20.0. The van der Waals surface area contributed by atoms with Gasteiger partial charge in [-0.1, -0.05) is 12.1 Å². The summed E-state index contributed by atoms with van der Waals surface area (Å²) in [6.45, 7) is 9.65. The summed E-state index contributed by atoms with van der Waals surface area (Å²) in [7, 11) is 1.79. The summed E-state index contributed by atoms with van der Waals surface area (Å²) in [5, 5.41) is 3.34. The van der Waals surface area contributed by atoms with Gasteiger partial charge in [0.15, 0.2) is 0 Å². The third-order valence-corrected chi connectivity index (χ3v) is 6.77. The molecule has 0 aliphatic carbocycles. The molecule has 3 aromatic rings. The van der Waals surface area contributed by atoms with E-state index >= 15 is 0 Å². The van der Waals surface area contributed by atoms with Gasteiger partial charge in [0.25, 0.3) is 5.56 Å². The van der Waals surface area contributed by atoms with Crippen molar-refractivity contribution in [2.75, 3.05) is 25.5 Å². The number of benzene rings is 1. The van der Waals surface area contributed by atoms with Gasteiger partial charge in [0, 0.05) is 5.69 Å². The highest BCUT2D eigenvalue weighted by Crippen LogP contribution is 2.29. The van der Waals surface area contributed by atoms with Crippen molar-refractivity contribution in [2.24, 2.45) is 0 Å². The molecule has 0 saturated heterocycles. The Morgan fingerprint density at radius 3 is 2.66 bits per heavy atom. The second kappa shape index (κ2) is 9.62. The van der Waals surface area contributed by atoms with E-state index in [2.05, 4.69) is 15.3 Å². The molecule has 0 aliphatic heterocycles. The molecule has 0 bridgehead atoms. The number of carbonyl (C=O) groups is 2. The Balaban J connectivity index is 1.80. The minimum absolute atomic E-state index is 0.119. The first kappa shape index (κ1) is 23.6. The van der Waals surface area contributed by atoms with Gasteiger partial charge in [-0.25, -0.2) is 9.78 Å². The van der Waals surface area contributed by atoms with E-state index in [4.69, 9.17) is 4.74 Å². The predicted octanol–water partition coefficient (Wildman–Crippen LogP) is 3.72. The minimum atomic E-state index is -0.456. The molecule has 1 unspecified atom stereocenters. The fourth-order valence-corrected chi connectivity index (χ4v) is 4.48. The standard InChI is InChI=1S/C23H28N4O4S/c1-7-31-23(30)19-14(4)18-21(29)25-20(26-22(18)32-19)15(5)27(6)11-17(28)24-16-10-8-9-12(2)13(16)3/h8-10,15H,7,11H2,1-6H3,(H,24,28)(H,25,26,29). The van der Waals surface area contributed by atoms with Gasteiger partial charge in [-0.2, -0.15) is 0 Å². The van der Waals surface area contributed by atoms with Crippen molar-refractivity contribution in [2.45, 2.75) is 40.7 Å². The monoisotopic (exact) mass is 456 g/mol. The van der Waals surface area contributed by atoms with Crippen LogP contribution in [-0.4, -0.2) is 46.9 Å². The Labute approximate surface area is 190 Å². The molecule has 0 spiro atoms. The van der Waals surface area contributed by atoms with Gasteiger partial charge in [0.05, 0.1) is 24.6 Å². The number of H-pyrrole nitrogens is 1. The van der Waals surface area contributed by atoms with Crippen LogP contribution in [0.15, 0.2) is 23.0 Å². The van der Waals surface area contributed by atoms with Crippen LogP contribution in [0.1, 0.15) is 52.1 Å². The number of hydrogen-bond donors (Lipinski definition) is 2. The number of aryl methyl sites for hydroxylation is 2. The lowest BCUT2D eigenvalue weighted by molar-refractivity contribution is -0.117. The highest BCUT2D eigenvalue weighted by Gasteiger charge is 2.23. The molecule has 170 valence electrons. The number of aromatic nitrogens is 2. The third kappa shape index (κ3) is 4.73. The molecule has 1 atom stereocenters. The van der Waals surface area contributed by atoms with Crippen LogP contribution < -0.4 is 10.9 Å². The van der Waals surface area contributed by atoms with Crippen LogP contribution in [0.3, 0.4) is 0 Å². The van der Waals surface area contributed by atoms with Gasteiger partial charge in [-0.3, -0.25) is 14.5 Å². The molecule has 0 saturated carbocycles. The highest BCUT2D eigenvalue weighted by molar-refractivity contribution is 7.20. The second-order valence-corrected chi connectivity index (χ2v) is 8.79. The number of thiophene rings is 1. The van der Waals surface area contributed by atoms with Crippen LogP contribution in [0.4, 0.5) is 5.69 Å². The molecule has 0 aliphatic rings. The maximum atomic E-state index is 12.7. The molecule has 2 N–H and O–H groups in total. The van der Waals surface area contributed by atoms with E-state index in [1.54, 1.807) is 25.8 Å². The molecule has 0 radical (unpaired) electrons. The van der Waals surface area contributed by atoms with E-state index in [1.807, 2.05) is 39.0 Å². The molecule has 9 heteroatoms. The van der Waals surface area contributed by atoms with E-state index < -0.39 is 5.97 Å². The van der Waals surface area contributed by atoms with Crippen LogP contribution in [0.5, 0.6) is 0 Å². The van der Waals surface area contributed by atoms with Crippen molar-refractivity contribution in [1.82, 2.24) is 14.9 Å². The molecule has 2 aromatic heterocycles. The van der Waals surface area contributed by atoms with Gasteiger partial charge >= 0.3 is 5.97 Å². The summed E-state index contributed by atoms with van der Waals surface area (Å²) in [6.07, 6.45) is 0. The normalized spacial score (nSPS) is 12.2. The molecule has 1 aromatic carbocycles. The zero-order valence-electron chi connectivity index (χ0n) is 19.2. The van der Waals surface area contributed by atoms with E-state index in [1.165, 1.54) is 0 Å². The van der Waals surface area contributed by atoms with Crippen LogP contribution in [0, 0.1) is 20.8 Å². The molecule has 3 rings (SSSR count). The molecule has 0 fully saturated rings. The number of nitrogens with one attached hydrogen (secondary N) is 2. The Kier molecular flexibility index (Phi) is 7.10. The number of esters is 1. The van der Waals surface area contributed by atoms with E-state index in [-0.39, 0.29) is 30.7 Å². The van der Waals surface area contributed by atoms with Crippen molar-refractivity contribution >= 4 is 39.1 Å². The van der Waals surface area contributed by atoms with Gasteiger partial charge < -0.3 is 15.0 Å². The third-order valence-electron chi connectivity index (χ3n) is 5.61. The maximum absolute atomic E-state index is 12.7. The first-order valence-corrected chi connectivity index (χ1v) is 11.2. The summed E-state index contributed by atoms with van der Waals surface area (Å²) >= 11 is 1.14. The lowest BCUT2D eigenvalue weighted by atomic mass is 10.1. The molecule has 8 nitrogen and oxygen atoms in total. The van der Waals surface area contributed by atoms with Crippen molar-refractivity contribution in [3.05, 3.63) is 55.9 Å². The lowest BCUT2D eigenvalue weighted by Gasteiger charge is -2.23. The van der Waals surface area contributed by atoms with Crippen LogP contribution >= 0.6 is 11.3 Å². The number of carbonyl (C=O) groups excluding carboxylic acids is 2. The predicted molar refractivity (Wildman–Crippen MR) is 127 cm³/mol. The van der Waals surface area contributed by atoms with Crippen molar-refractivity contribution in [3.8, 4) is 0 Å². The van der Waals surface area contributed by atoms with Crippen molar-refractivity contribution in [3.63, 3.8) is 0 Å². The van der Waals surface area contributed by atoms with Gasteiger partial charge in [-0.05, 0) is 64.4 Å². The van der Waals surface area contributed by atoms with Crippen LogP contribution in [-0.2, 0) is 9.53 Å². The number of nitrogens with zero attached hydrogens (tertiary/aromatic N) is 2. The average molecular weight is 457 g/mol. The Morgan fingerprint density at radius 1 is 1.25 bits per heavy atom. The smallest absolute Gasteiger partial charge is 0.348 e. The number of fused-ring (bicyclic) bond motifs is 1. The number of likely N-dealkylation sites (N-methyl/N-ethyl adjacent to an activating group) is 1. The topological polar surface area (TPSA) is 104 Å². The summed E-state index contributed by atoms with van der Waals surface area (Å²) in [4.78, 5) is 47.6. The lowest BCUT2D eigenvalue weighted by Crippen LogP contribution is -2.33. The first-order valence-electron chi connectivity index (χ1n) is 10.4. The number of ether oxygens (including phenoxy) is 1. The Hall–Kier alpha value is -3.04. The Bertz CT molecular complexity index is 1230. The number of hydrogen-bond acceptors (Lipinski definition) is 7. The molecular formula is C23H28N4O4S. The van der Waals surface area contributed by atoms with E-state index in [0.717, 1.165) is 28.2 Å². The number of rotatable bonds is 7. The second-order valence-electron chi connectivity index (χ2n) is 7.79. The first-order chi connectivity index (χ1) is 15.1. The quantitative estimate of drug-likeness (QED) is 0.525. The van der Waals surface area contributed by atoms with Crippen molar-refractivity contribution in [1.29, 1.82) is 0 Å². The molecular weight excluding hydrogens is 428 g/mol. The zero-order chi connectivity index (χ0) is 23.6. The summed E-state index contributed by atoms with van der Waals surface area (Å²) < 4.78 is 5.08. The SMILES string of the molecule is CCOC(=O)c1sc2nc(C(C)N(C)CC(=O)Nc3cccc(C)c3C)[nH]c(=O)c2c1C. The van der Waals surface area contributed by atoms with Crippen LogP contribution in [0.2, 0.25) is 0 Å². The van der Waals surface area contributed by atoms with Gasteiger partial charge in [0.2, 0.25) is 5.91 Å². The number of anilines is 1. The van der Waals surface area contributed by atoms with Crippen LogP contribution in [0.25, 0.3) is 10.2 Å². The number of aromatic amines is 1. The fourth-order valence-electron chi connectivity index (χ4n) is 3.40. The molecule has 2 heterocycles. The fraction of sp³-hybridized carbons (Fsp3) is 0.391.